The standard InChI is InChI=1S/C24H35N3O5.HI/c1-3-25-23(27-11-7-18(8-12-27)22(28)30-4-2)26-16-24(9-13-29-14-10-24)19-5-6-20-21(15-19)32-17-31-20;/h5-6,15,18H,3-4,7-14,16-17H2,1-2H3,(H,25,26);1H. The van der Waals surface area contributed by atoms with Gasteiger partial charge in [0.1, 0.15) is 0 Å². The second kappa shape index (κ2) is 12.1. The number of likely N-dealkylation sites (tertiary alicyclic amines) is 1. The summed E-state index contributed by atoms with van der Waals surface area (Å²) in [5.74, 6) is 2.45. The number of hydrogen-bond donors (Lipinski definition) is 1. The molecule has 0 aliphatic carbocycles. The third kappa shape index (κ3) is 6.03. The van der Waals surface area contributed by atoms with Gasteiger partial charge in [-0.25, -0.2) is 0 Å². The third-order valence-electron chi connectivity index (χ3n) is 6.72. The molecule has 4 rings (SSSR count). The predicted octanol–water partition coefficient (Wildman–Crippen LogP) is 3.32. The summed E-state index contributed by atoms with van der Waals surface area (Å²) in [4.78, 5) is 19.5. The van der Waals surface area contributed by atoms with Crippen molar-refractivity contribution in [1.82, 2.24) is 10.2 Å². The van der Waals surface area contributed by atoms with E-state index in [0.717, 1.165) is 76.0 Å². The molecule has 0 atom stereocenters. The van der Waals surface area contributed by atoms with Crippen LogP contribution in [-0.2, 0) is 19.7 Å². The molecule has 0 radical (unpaired) electrons. The average molecular weight is 573 g/mol. The summed E-state index contributed by atoms with van der Waals surface area (Å²) in [7, 11) is 0. The van der Waals surface area contributed by atoms with Crippen LogP contribution in [-0.4, -0.2) is 69.6 Å². The molecule has 9 heteroatoms. The monoisotopic (exact) mass is 573 g/mol. The molecule has 8 nitrogen and oxygen atoms in total. The molecular weight excluding hydrogens is 537 g/mol. The maximum atomic E-state index is 12.1. The van der Waals surface area contributed by atoms with Gasteiger partial charge in [-0.1, -0.05) is 6.07 Å². The van der Waals surface area contributed by atoms with E-state index in [1.54, 1.807) is 0 Å². The quantitative estimate of drug-likeness (QED) is 0.242. The van der Waals surface area contributed by atoms with Gasteiger partial charge < -0.3 is 29.2 Å². The predicted molar refractivity (Wildman–Crippen MR) is 137 cm³/mol. The van der Waals surface area contributed by atoms with E-state index in [-0.39, 0.29) is 48.1 Å². The van der Waals surface area contributed by atoms with Gasteiger partial charge in [-0.05, 0) is 57.2 Å². The van der Waals surface area contributed by atoms with Gasteiger partial charge in [-0.2, -0.15) is 0 Å². The van der Waals surface area contributed by atoms with E-state index in [0.29, 0.717) is 13.2 Å². The average Bonchev–Trinajstić information content (AvgIpc) is 3.31. The molecule has 3 aliphatic heterocycles. The number of nitrogens with zero attached hydrogens (tertiary/aromatic N) is 2. The number of benzene rings is 1. The molecular formula is C24H36IN3O5. The maximum Gasteiger partial charge on any atom is 0.309 e. The zero-order chi connectivity index (χ0) is 22.4. The largest absolute Gasteiger partial charge is 0.466 e. The summed E-state index contributed by atoms with van der Waals surface area (Å²) >= 11 is 0. The highest BCUT2D eigenvalue weighted by molar-refractivity contribution is 14.0. The van der Waals surface area contributed by atoms with Gasteiger partial charge in [0.15, 0.2) is 17.5 Å². The molecule has 2 saturated heterocycles. The number of aliphatic imine (C=N–C) groups is 1. The van der Waals surface area contributed by atoms with E-state index in [9.17, 15) is 4.79 Å². The number of fused-ring (bicyclic) bond motifs is 1. The van der Waals surface area contributed by atoms with Gasteiger partial charge in [0, 0.05) is 38.3 Å². The number of piperidine rings is 1. The smallest absolute Gasteiger partial charge is 0.309 e. The second-order valence-corrected chi connectivity index (χ2v) is 8.64. The molecule has 33 heavy (non-hydrogen) atoms. The van der Waals surface area contributed by atoms with E-state index in [4.69, 9.17) is 23.9 Å². The van der Waals surface area contributed by atoms with Crippen LogP contribution in [0.5, 0.6) is 11.5 Å². The molecule has 1 aromatic rings. The minimum atomic E-state index is -0.0941. The zero-order valence-electron chi connectivity index (χ0n) is 19.6. The van der Waals surface area contributed by atoms with Crippen LogP contribution in [0, 0.1) is 5.92 Å². The zero-order valence-corrected chi connectivity index (χ0v) is 22.0. The molecule has 0 unspecified atom stereocenters. The fraction of sp³-hybridized carbons (Fsp3) is 0.667. The number of esters is 1. The molecule has 0 amide bonds. The summed E-state index contributed by atoms with van der Waals surface area (Å²) < 4.78 is 22.0. The number of hydrogen-bond acceptors (Lipinski definition) is 6. The van der Waals surface area contributed by atoms with E-state index in [1.165, 1.54) is 5.56 Å². The van der Waals surface area contributed by atoms with Crippen LogP contribution in [0.1, 0.15) is 45.1 Å². The van der Waals surface area contributed by atoms with Gasteiger partial charge in [0.25, 0.3) is 0 Å². The van der Waals surface area contributed by atoms with Crippen molar-refractivity contribution in [2.45, 2.75) is 44.9 Å². The maximum absolute atomic E-state index is 12.1. The fourth-order valence-corrected chi connectivity index (χ4v) is 4.77. The summed E-state index contributed by atoms with van der Waals surface area (Å²) in [5.41, 5.74) is 1.13. The molecule has 3 aliphatic rings. The van der Waals surface area contributed by atoms with Crippen LogP contribution >= 0.6 is 24.0 Å². The van der Waals surface area contributed by atoms with Crippen LogP contribution in [0.2, 0.25) is 0 Å². The summed E-state index contributed by atoms with van der Waals surface area (Å²) in [5, 5.41) is 3.46. The Bertz CT molecular complexity index is 820. The van der Waals surface area contributed by atoms with Gasteiger partial charge in [0.2, 0.25) is 6.79 Å². The number of carbonyl (C=O) groups is 1. The first-order valence-electron chi connectivity index (χ1n) is 11.8. The first-order valence-corrected chi connectivity index (χ1v) is 11.8. The van der Waals surface area contributed by atoms with Gasteiger partial charge in [-0.3, -0.25) is 9.79 Å². The second-order valence-electron chi connectivity index (χ2n) is 8.64. The highest BCUT2D eigenvalue weighted by Crippen LogP contribution is 2.41. The minimum Gasteiger partial charge on any atom is -0.466 e. The Morgan fingerprint density at radius 1 is 1.18 bits per heavy atom. The first kappa shape index (κ1) is 25.9. The van der Waals surface area contributed by atoms with Crippen molar-refractivity contribution in [1.29, 1.82) is 0 Å². The van der Waals surface area contributed by atoms with E-state index in [2.05, 4.69) is 29.3 Å². The van der Waals surface area contributed by atoms with Crippen LogP contribution in [0.4, 0.5) is 0 Å². The molecule has 1 N–H and O–H groups in total. The summed E-state index contributed by atoms with van der Waals surface area (Å²) in [6.45, 7) is 9.20. The normalized spacial score (nSPS) is 20.2. The lowest BCUT2D eigenvalue weighted by molar-refractivity contribution is -0.149. The van der Waals surface area contributed by atoms with Crippen molar-refractivity contribution in [3.63, 3.8) is 0 Å². The van der Waals surface area contributed by atoms with Crippen molar-refractivity contribution < 1.29 is 23.7 Å². The van der Waals surface area contributed by atoms with Crippen LogP contribution in [0.3, 0.4) is 0 Å². The Morgan fingerprint density at radius 3 is 2.61 bits per heavy atom. The summed E-state index contributed by atoms with van der Waals surface area (Å²) in [6.07, 6.45) is 3.43. The van der Waals surface area contributed by atoms with Crippen molar-refractivity contribution >= 4 is 35.9 Å². The summed E-state index contributed by atoms with van der Waals surface area (Å²) in [6, 6.07) is 6.26. The number of ether oxygens (including phenoxy) is 4. The molecule has 0 spiro atoms. The minimum absolute atomic E-state index is 0. The Labute approximate surface area is 213 Å². The Morgan fingerprint density at radius 2 is 1.91 bits per heavy atom. The van der Waals surface area contributed by atoms with Crippen molar-refractivity contribution in [3.8, 4) is 11.5 Å². The van der Waals surface area contributed by atoms with E-state index < -0.39 is 0 Å². The van der Waals surface area contributed by atoms with Crippen LogP contribution in [0.15, 0.2) is 23.2 Å². The number of guanidine groups is 1. The molecule has 184 valence electrons. The number of carbonyl (C=O) groups excluding carboxylic acids is 1. The molecule has 0 bridgehead atoms. The van der Waals surface area contributed by atoms with Crippen molar-refractivity contribution in [2.75, 3.05) is 52.8 Å². The molecule has 1 aromatic carbocycles. The SMILES string of the molecule is CCNC(=NCC1(c2ccc3c(c2)OCO3)CCOCC1)N1CCC(C(=O)OCC)CC1.I. The van der Waals surface area contributed by atoms with Crippen LogP contribution in [0.25, 0.3) is 0 Å². The highest BCUT2D eigenvalue weighted by Gasteiger charge is 2.36. The van der Waals surface area contributed by atoms with Crippen molar-refractivity contribution in [3.05, 3.63) is 23.8 Å². The number of halogens is 1. The van der Waals surface area contributed by atoms with Crippen molar-refractivity contribution in [2.24, 2.45) is 10.9 Å². The molecule has 0 saturated carbocycles. The topological polar surface area (TPSA) is 81.6 Å². The van der Waals surface area contributed by atoms with Gasteiger partial charge in [0.05, 0.1) is 19.1 Å². The van der Waals surface area contributed by atoms with E-state index >= 15 is 0 Å². The van der Waals surface area contributed by atoms with Gasteiger partial charge in [-0.15, -0.1) is 24.0 Å². The fourth-order valence-electron chi connectivity index (χ4n) is 4.77. The number of rotatable bonds is 6. The lowest BCUT2D eigenvalue weighted by atomic mass is 9.74. The first-order chi connectivity index (χ1) is 15.6. The molecule has 0 aromatic heterocycles. The van der Waals surface area contributed by atoms with Crippen LogP contribution < -0.4 is 14.8 Å². The Kier molecular flexibility index (Phi) is 9.48. The lowest BCUT2D eigenvalue weighted by Crippen LogP contribution is -2.47. The van der Waals surface area contributed by atoms with Gasteiger partial charge >= 0.3 is 5.97 Å². The highest BCUT2D eigenvalue weighted by atomic mass is 127. The number of nitrogens with one attached hydrogen (secondary N) is 1. The Hall–Kier alpha value is -1.75. The lowest BCUT2D eigenvalue weighted by Gasteiger charge is -2.38. The molecule has 3 heterocycles. The Balaban J connectivity index is 0.00000306. The third-order valence-corrected chi connectivity index (χ3v) is 6.72. The molecule has 2 fully saturated rings. The van der Waals surface area contributed by atoms with E-state index in [1.807, 2.05) is 13.0 Å².